The molecule has 5 nitrogen and oxygen atoms in total. The first-order valence-corrected chi connectivity index (χ1v) is 11.3. The van der Waals surface area contributed by atoms with Gasteiger partial charge in [0, 0.05) is 39.9 Å². The van der Waals surface area contributed by atoms with Crippen molar-refractivity contribution in [2.45, 2.75) is 66.5 Å². The lowest BCUT2D eigenvalue weighted by molar-refractivity contribution is 0.0952. The lowest BCUT2D eigenvalue weighted by Crippen LogP contribution is -2.28. The number of benzene rings is 1. The number of amides is 1. The summed E-state index contributed by atoms with van der Waals surface area (Å²) in [6.07, 6.45) is 4.99. The van der Waals surface area contributed by atoms with Gasteiger partial charge in [0.15, 0.2) is 0 Å². The number of aromatic nitrogens is 2. The molecule has 0 spiro atoms. The van der Waals surface area contributed by atoms with E-state index < -0.39 is 0 Å². The van der Waals surface area contributed by atoms with Gasteiger partial charge in [0.1, 0.15) is 0 Å². The van der Waals surface area contributed by atoms with E-state index in [1.165, 1.54) is 0 Å². The normalized spacial score (nSPS) is 11.4. The maximum atomic E-state index is 13.2. The summed E-state index contributed by atoms with van der Waals surface area (Å²) < 4.78 is 3.04. The summed E-state index contributed by atoms with van der Waals surface area (Å²) in [5, 5.41) is 3.94. The summed E-state index contributed by atoms with van der Waals surface area (Å²) in [5.74, 6) is -0.174. The van der Waals surface area contributed by atoms with E-state index in [0.717, 1.165) is 51.5 Å². The van der Waals surface area contributed by atoms with E-state index in [-0.39, 0.29) is 18.0 Å². The molecule has 1 amide bonds. The fourth-order valence-corrected chi connectivity index (χ4v) is 4.44. The molecule has 1 aromatic carbocycles. The molecular weight excluding hydrogens is 442 g/mol. The number of carbonyl (C=O) groups is 1. The number of aryl methyl sites for hydroxylation is 3. The first kappa shape index (κ1) is 22.3. The Labute approximate surface area is 186 Å². The van der Waals surface area contributed by atoms with Gasteiger partial charge in [0.25, 0.3) is 11.5 Å². The molecule has 0 aliphatic heterocycles. The quantitative estimate of drug-likeness (QED) is 0.473. The molecule has 0 fully saturated rings. The molecule has 0 aliphatic rings. The molecule has 0 atom stereocenters. The van der Waals surface area contributed by atoms with Crippen molar-refractivity contribution in [2.24, 2.45) is 0 Å². The number of hydrogen-bond acceptors (Lipinski definition) is 2. The SMILES string of the molecule is CCCCc1cc(C)[nH]c(=O)c1CNC(=O)c1cc(Br)cc2c1c(C)cn2C(C)C. The molecule has 0 saturated heterocycles. The minimum atomic E-state index is -0.174. The average Bonchev–Trinajstić information content (AvgIpc) is 3.01. The highest BCUT2D eigenvalue weighted by atomic mass is 79.9. The van der Waals surface area contributed by atoms with E-state index in [4.69, 9.17) is 0 Å². The Bertz CT molecular complexity index is 1140. The first-order valence-electron chi connectivity index (χ1n) is 10.5. The highest BCUT2D eigenvalue weighted by molar-refractivity contribution is 9.10. The molecule has 160 valence electrons. The Kier molecular flexibility index (Phi) is 6.86. The number of unbranched alkanes of at least 4 members (excludes halogenated alkanes) is 1. The molecule has 0 bridgehead atoms. The molecule has 0 saturated carbocycles. The lowest BCUT2D eigenvalue weighted by atomic mass is 10.0. The molecule has 0 unspecified atom stereocenters. The van der Waals surface area contributed by atoms with Crippen molar-refractivity contribution >= 4 is 32.7 Å². The van der Waals surface area contributed by atoms with Crippen molar-refractivity contribution in [3.63, 3.8) is 0 Å². The van der Waals surface area contributed by atoms with Gasteiger partial charge in [-0.15, -0.1) is 0 Å². The van der Waals surface area contributed by atoms with E-state index in [1.807, 2.05) is 32.0 Å². The summed E-state index contributed by atoms with van der Waals surface area (Å²) in [5.41, 5.74) is 5.09. The maximum Gasteiger partial charge on any atom is 0.253 e. The number of nitrogens with zero attached hydrogens (tertiary/aromatic N) is 1. The number of nitrogens with one attached hydrogen (secondary N) is 2. The van der Waals surface area contributed by atoms with E-state index >= 15 is 0 Å². The average molecular weight is 472 g/mol. The van der Waals surface area contributed by atoms with Crippen LogP contribution in [0.4, 0.5) is 0 Å². The molecule has 6 heteroatoms. The van der Waals surface area contributed by atoms with Crippen molar-refractivity contribution in [3.05, 3.63) is 67.2 Å². The highest BCUT2D eigenvalue weighted by Crippen LogP contribution is 2.31. The van der Waals surface area contributed by atoms with Gasteiger partial charge in [-0.2, -0.15) is 0 Å². The summed E-state index contributed by atoms with van der Waals surface area (Å²) >= 11 is 3.55. The van der Waals surface area contributed by atoms with Crippen molar-refractivity contribution in [3.8, 4) is 0 Å². The van der Waals surface area contributed by atoms with Gasteiger partial charge >= 0.3 is 0 Å². The predicted molar refractivity (Wildman–Crippen MR) is 126 cm³/mol. The second kappa shape index (κ2) is 9.21. The Morgan fingerprint density at radius 1 is 1.23 bits per heavy atom. The number of halogens is 1. The van der Waals surface area contributed by atoms with Crippen molar-refractivity contribution in [1.29, 1.82) is 0 Å². The molecule has 0 aliphatic carbocycles. The molecule has 3 rings (SSSR count). The molecule has 2 aromatic heterocycles. The summed E-state index contributed by atoms with van der Waals surface area (Å²) in [4.78, 5) is 28.6. The Balaban J connectivity index is 1.95. The van der Waals surface area contributed by atoms with Crippen molar-refractivity contribution < 1.29 is 4.79 Å². The number of hydrogen-bond donors (Lipinski definition) is 2. The van der Waals surface area contributed by atoms with Crippen molar-refractivity contribution in [2.75, 3.05) is 0 Å². The number of rotatable bonds is 7. The van der Waals surface area contributed by atoms with Crippen LogP contribution in [0.15, 0.2) is 33.7 Å². The van der Waals surface area contributed by atoms with Crippen LogP contribution in [0.5, 0.6) is 0 Å². The standard InChI is InChI=1S/C24H30BrN3O2/c1-6-7-8-17-9-16(5)27-24(30)20(17)12-26-23(29)19-10-18(25)11-21-22(19)15(4)13-28(21)14(2)3/h9-11,13-14H,6-8,12H2,1-5H3,(H,26,29)(H,27,30). The number of H-pyrrole nitrogens is 1. The minimum Gasteiger partial charge on any atom is -0.348 e. The zero-order valence-electron chi connectivity index (χ0n) is 18.4. The summed E-state index contributed by atoms with van der Waals surface area (Å²) in [6.45, 7) is 10.5. The third kappa shape index (κ3) is 4.53. The summed E-state index contributed by atoms with van der Waals surface area (Å²) in [7, 11) is 0. The predicted octanol–water partition coefficient (Wildman–Crippen LogP) is 5.56. The third-order valence-corrected chi connectivity index (χ3v) is 5.93. The van der Waals surface area contributed by atoms with Crippen LogP contribution in [0.2, 0.25) is 0 Å². The molecule has 2 heterocycles. The van der Waals surface area contributed by atoms with E-state index in [1.54, 1.807) is 0 Å². The number of fused-ring (bicyclic) bond motifs is 1. The van der Waals surface area contributed by atoms with Gasteiger partial charge < -0.3 is 14.9 Å². The molecular formula is C24H30BrN3O2. The van der Waals surface area contributed by atoms with E-state index in [2.05, 4.69) is 57.8 Å². The molecule has 3 aromatic rings. The van der Waals surface area contributed by atoms with Crippen LogP contribution < -0.4 is 10.9 Å². The molecule has 30 heavy (non-hydrogen) atoms. The second-order valence-electron chi connectivity index (χ2n) is 8.23. The van der Waals surface area contributed by atoms with E-state index in [9.17, 15) is 9.59 Å². The molecule has 2 N–H and O–H groups in total. The lowest BCUT2D eigenvalue weighted by Gasteiger charge is -2.13. The smallest absolute Gasteiger partial charge is 0.253 e. The van der Waals surface area contributed by atoms with Gasteiger partial charge in [0.2, 0.25) is 0 Å². The fraction of sp³-hybridized carbons (Fsp3) is 0.417. The first-order chi connectivity index (χ1) is 14.2. The van der Waals surface area contributed by atoms with Crippen LogP contribution in [-0.4, -0.2) is 15.5 Å². The monoisotopic (exact) mass is 471 g/mol. The van der Waals surface area contributed by atoms with Gasteiger partial charge in [-0.25, -0.2) is 0 Å². The number of carbonyl (C=O) groups excluding carboxylic acids is 1. The summed E-state index contributed by atoms with van der Waals surface area (Å²) in [6, 6.07) is 6.21. The van der Waals surface area contributed by atoms with E-state index in [0.29, 0.717) is 17.2 Å². The van der Waals surface area contributed by atoms with Crippen LogP contribution in [0, 0.1) is 13.8 Å². The van der Waals surface area contributed by atoms with Gasteiger partial charge in [-0.3, -0.25) is 9.59 Å². The Morgan fingerprint density at radius 3 is 2.63 bits per heavy atom. The van der Waals surface area contributed by atoms with Gasteiger partial charge in [-0.05, 0) is 69.9 Å². The highest BCUT2D eigenvalue weighted by Gasteiger charge is 2.18. The largest absolute Gasteiger partial charge is 0.348 e. The topological polar surface area (TPSA) is 66.9 Å². The van der Waals surface area contributed by atoms with Crippen LogP contribution in [0.25, 0.3) is 10.9 Å². The van der Waals surface area contributed by atoms with Crippen LogP contribution in [0.1, 0.15) is 72.4 Å². The van der Waals surface area contributed by atoms with Gasteiger partial charge in [-0.1, -0.05) is 29.3 Å². The van der Waals surface area contributed by atoms with Crippen molar-refractivity contribution in [1.82, 2.24) is 14.9 Å². The number of pyridine rings is 1. The third-order valence-electron chi connectivity index (χ3n) is 5.48. The van der Waals surface area contributed by atoms with Gasteiger partial charge in [0.05, 0.1) is 11.1 Å². The second-order valence-corrected chi connectivity index (χ2v) is 9.15. The maximum absolute atomic E-state index is 13.2. The number of aromatic amines is 1. The zero-order valence-corrected chi connectivity index (χ0v) is 19.9. The fourth-order valence-electron chi connectivity index (χ4n) is 3.99. The molecule has 0 radical (unpaired) electrons. The minimum absolute atomic E-state index is 0.122. The van der Waals surface area contributed by atoms with Crippen LogP contribution in [0.3, 0.4) is 0 Å². The van der Waals surface area contributed by atoms with Crippen LogP contribution in [-0.2, 0) is 13.0 Å². The Morgan fingerprint density at radius 2 is 1.97 bits per heavy atom. The zero-order chi connectivity index (χ0) is 22.0. The van der Waals surface area contributed by atoms with Crippen LogP contribution >= 0.6 is 15.9 Å². The Hall–Kier alpha value is -2.34.